The third-order valence-corrected chi connectivity index (χ3v) is 7.01. The zero-order valence-corrected chi connectivity index (χ0v) is 18.0. The second-order valence-electron chi connectivity index (χ2n) is 8.95. The normalized spacial score (nSPS) is 17.8. The lowest BCUT2D eigenvalue weighted by molar-refractivity contribution is 0.122. The van der Waals surface area contributed by atoms with Crippen molar-refractivity contribution in [3.63, 3.8) is 0 Å². The minimum absolute atomic E-state index is 0.743. The molecule has 1 fully saturated rings. The Labute approximate surface area is 182 Å². The van der Waals surface area contributed by atoms with Gasteiger partial charge in [-0.2, -0.15) is 5.10 Å². The molecule has 0 bridgehead atoms. The number of nitrogens with zero attached hydrogens (tertiary/aromatic N) is 5. The van der Waals surface area contributed by atoms with Gasteiger partial charge in [0.2, 0.25) is 0 Å². The van der Waals surface area contributed by atoms with E-state index in [-0.39, 0.29) is 0 Å². The van der Waals surface area contributed by atoms with Gasteiger partial charge in [0, 0.05) is 35.6 Å². The van der Waals surface area contributed by atoms with Crippen molar-refractivity contribution >= 4 is 33.3 Å². The van der Waals surface area contributed by atoms with E-state index < -0.39 is 0 Å². The van der Waals surface area contributed by atoms with Crippen LogP contribution in [0.25, 0.3) is 21.8 Å². The van der Waals surface area contributed by atoms with E-state index in [0.717, 1.165) is 59.2 Å². The van der Waals surface area contributed by atoms with Crippen molar-refractivity contribution in [3.05, 3.63) is 54.0 Å². The van der Waals surface area contributed by atoms with Crippen LogP contribution in [0.4, 0.5) is 11.5 Å². The standard InChI is InChI=1S/C25H28N6/c1-17-20-9-5-6-10-21(20)25(29-28-17)26-18-11-12-23-22(15-18)27-24-16-30(13-14-31(23)24)19-7-3-2-4-8-19/h5-6,9-12,15,19H,2-4,7-8,13-14,16H2,1H3,(H,26,29). The largest absolute Gasteiger partial charge is 0.338 e. The maximum absolute atomic E-state index is 5.02. The molecule has 6 nitrogen and oxygen atoms in total. The maximum atomic E-state index is 5.02. The minimum Gasteiger partial charge on any atom is -0.338 e. The molecular weight excluding hydrogens is 384 g/mol. The van der Waals surface area contributed by atoms with Crippen LogP contribution in [-0.4, -0.2) is 37.2 Å². The third-order valence-electron chi connectivity index (χ3n) is 7.01. The number of fused-ring (bicyclic) bond motifs is 4. The van der Waals surface area contributed by atoms with E-state index in [1.807, 2.05) is 19.1 Å². The average molecular weight is 413 g/mol. The summed E-state index contributed by atoms with van der Waals surface area (Å²) >= 11 is 0. The second kappa shape index (κ2) is 7.61. The van der Waals surface area contributed by atoms with Gasteiger partial charge in [0.05, 0.1) is 23.3 Å². The molecule has 2 aliphatic rings. The SMILES string of the molecule is Cc1nnc(Nc2ccc3c(c2)nc2n3CCN(C3CCCCC3)C2)c2ccccc12. The summed E-state index contributed by atoms with van der Waals surface area (Å²) in [7, 11) is 0. The molecule has 1 aliphatic heterocycles. The molecule has 6 rings (SSSR count). The third kappa shape index (κ3) is 3.35. The van der Waals surface area contributed by atoms with Gasteiger partial charge in [-0.05, 0) is 38.0 Å². The monoisotopic (exact) mass is 412 g/mol. The molecule has 0 spiro atoms. The van der Waals surface area contributed by atoms with E-state index in [4.69, 9.17) is 4.98 Å². The van der Waals surface area contributed by atoms with E-state index in [1.54, 1.807) is 0 Å². The predicted molar refractivity (Wildman–Crippen MR) is 125 cm³/mol. The van der Waals surface area contributed by atoms with E-state index in [9.17, 15) is 0 Å². The number of anilines is 2. The number of hydrogen-bond donors (Lipinski definition) is 1. The van der Waals surface area contributed by atoms with Gasteiger partial charge in [-0.3, -0.25) is 4.90 Å². The van der Waals surface area contributed by atoms with Gasteiger partial charge >= 0.3 is 0 Å². The van der Waals surface area contributed by atoms with Crippen molar-refractivity contribution < 1.29 is 0 Å². The molecular formula is C25H28N6. The number of benzene rings is 2. The fraction of sp³-hybridized carbons (Fsp3) is 0.400. The number of rotatable bonds is 3. The lowest BCUT2D eigenvalue weighted by Gasteiger charge is -2.36. The first-order chi connectivity index (χ1) is 15.3. The van der Waals surface area contributed by atoms with Gasteiger partial charge in [0.15, 0.2) is 5.82 Å². The molecule has 2 aromatic heterocycles. The Kier molecular flexibility index (Phi) is 4.60. The molecule has 0 atom stereocenters. The Bertz CT molecular complexity index is 1250. The van der Waals surface area contributed by atoms with Crippen molar-refractivity contribution in [2.24, 2.45) is 0 Å². The van der Waals surface area contributed by atoms with Crippen LogP contribution in [0.1, 0.15) is 43.6 Å². The van der Waals surface area contributed by atoms with E-state index >= 15 is 0 Å². The summed E-state index contributed by atoms with van der Waals surface area (Å²) < 4.78 is 2.40. The number of imidazole rings is 1. The highest BCUT2D eigenvalue weighted by Gasteiger charge is 2.26. The van der Waals surface area contributed by atoms with Crippen LogP contribution < -0.4 is 5.32 Å². The molecule has 1 N–H and O–H groups in total. The van der Waals surface area contributed by atoms with Crippen LogP contribution in [0.5, 0.6) is 0 Å². The van der Waals surface area contributed by atoms with Crippen molar-refractivity contribution in [3.8, 4) is 0 Å². The van der Waals surface area contributed by atoms with Crippen molar-refractivity contribution in [1.29, 1.82) is 0 Å². The zero-order valence-electron chi connectivity index (χ0n) is 18.0. The van der Waals surface area contributed by atoms with Crippen LogP contribution in [0.15, 0.2) is 42.5 Å². The summed E-state index contributed by atoms with van der Waals surface area (Å²) in [6.07, 6.45) is 6.85. The van der Waals surface area contributed by atoms with E-state index in [2.05, 4.69) is 55.3 Å². The summed E-state index contributed by atoms with van der Waals surface area (Å²) in [5.74, 6) is 1.98. The Balaban J connectivity index is 1.30. The summed E-state index contributed by atoms with van der Waals surface area (Å²) in [6, 6.07) is 15.5. The molecule has 0 radical (unpaired) electrons. The van der Waals surface area contributed by atoms with Gasteiger partial charge in [0.25, 0.3) is 0 Å². The molecule has 0 saturated heterocycles. The van der Waals surface area contributed by atoms with Crippen molar-refractivity contribution in [2.75, 3.05) is 11.9 Å². The number of hydrogen-bond acceptors (Lipinski definition) is 5. The molecule has 31 heavy (non-hydrogen) atoms. The fourth-order valence-electron chi connectivity index (χ4n) is 5.34. The van der Waals surface area contributed by atoms with E-state index in [1.165, 1.54) is 43.4 Å². The molecule has 4 aromatic rings. The zero-order chi connectivity index (χ0) is 20.8. The van der Waals surface area contributed by atoms with Gasteiger partial charge in [-0.25, -0.2) is 4.98 Å². The highest BCUT2D eigenvalue weighted by Crippen LogP contribution is 2.30. The fourth-order valence-corrected chi connectivity index (χ4v) is 5.34. The molecule has 6 heteroatoms. The second-order valence-corrected chi connectivity index (χ2v) is 8.95. The summed E-state index contributed by atoms with van der Waals surface area (Å²) in [5.41, 5.74) is 4.22. The Morgan fingerprint density at radius 1 is 0.935 bits per heavy atom. The van der Waals surface area contributed by atoms with Crippen LogP contribution >= 0.6 is 0 Å². The van der Waals surface area contributed by atoms with Crippen molar-refractivity contribution in [2.45, 2.75) is 58.2 Å². The highest BCUT2D eigenvalue weighted by molar-refractivity contribution is 5.94. The average Bonchev–Trinajstić information content (AvgIpc) is 3.18. The first-order valence-electron chi connectivity index (χ1n) is 11.5. The van der Waals surface area contributed by atoms with Crippen LogP contribution in [0.2, 0.25) is 0 Å². The smallest absolute Gasteiger partial charge is 0.160 e. The molecule has 1 aliphatic carbocycles. The number of aryl methyl sites for hydroxylation is 1. The molecule has 0 unspecified atom stereocenters. The minimum atomic E-state index is 0.743. The summed E-state index contributed by atoms with van der Waals surface area (Å²) in [4.78, 5) is 7.68. The van der Waals surface area contributed by atoms with Crippen LogP contribution in [0, 0.1) is 6.92 Å². The van der Waals surface area contributed by atoms with E-state index in [0.29, 0.717) is 0 Å². The molecule has 0 amide bonds. The van der Waals surface area contributed by atoms with Gasteiger partial charge in [-0.1, -0.05) is 43.5 Å². The lowest BCUT2D eigenvalue weighted by Crippen LogP contribution is -2.42. The quantitative estimate of drug-likeness (QED) is 0.502. The Morgan fingerprint density at radius 3 is 2.65 bits per heavy atom. The maximum Gasteiger partial charge on any atom is 0.160 e. The van der Waals surface area contributed by atoms with Gasteiger partial charge < -0.3 is 9.88 Å². The first-order valence-corrected chi connectivity index (χ1v) is 11.5. The Hall–Kier alpha value is -2.99. The number of nitrogens with one attached hydrogen (secondary N) is 1. The first kappa shape index (κ1) is 18.8. The van der Waals surface area contributed by atoms with Crippen LogP contribution in [-0.2, 0) is 13.1 Å². The van der Waals surface area contributed by atoms with Gasteiger partial charge in [0.1, 0.15) is 5.82 Å². The van der Waals surface area contributed by atoms with Crippen LogP contribution in [0.3, 0.4) is 0 Å². The summed E-state index contributed by atoms with van der Waals surface area (Å²) in [5, 5.41) is 14.4. The molecule has 2 aromatic carbocycles. The molecule has 158 valence electrons. The Morgan fingerprint density at radius 2 is 1.77 bits per heavy atom. The molecule has 3 heterocycles. The van der Waals surface area contributed by atoms with Crippen molar-refractivity contribution in [1.82, 2.24) is 24.6 Å². The molecule has 1 saturated carbocycles. The van der Waals surface area contributed by atoms with Gasteiger partial charge in [-0.15, -0.1) is 5.10 Å². The number of aromatic nitrogens is 4. The topological polar surface area (TPSA) is 58.9 Å². The highest BCUT2D eigenvalue weighted by atomic mass is 15.3. The lowest BCUT2D eigenvalue weighted by atomic mass is 9.94. The predicted octanol–water partition coefficient (Wildman–Crippen LogP) is 5.18. The summed E-state index contributed by atoms with van der Waals surface area (Å²) in [6.45, 7) is 5.13.